The summed E-state index contributed by atoms with van der Waals surface area (Å²) in [5.74, 6) is 0.749. The fourth-order valence-electron chi connectivity index (χ4n) is 3.22. The van der Waals surface area contributed by atoms with Crippen LogP contribution in [0.5, 0.6) is 0 Å². The maximum atomic E-state index is 11.2. The van der Waals surface area contributed by atoms with E-state index in [4.69, 9.17) is 10.5 Å². The van der Waals surface area contributed by atoms with Crippen molar-refractivity contribution in [3.05, 3.63) is 23.5 Å². The number of thioether (sulfide) groups is 1. The fraction of sp³-hybridized carbons (Fsp3) is 0.529. The van der Waals surface area contributed by atoms with Gasteiger partial charge < -0.3 is 15.4 Å². The molecule has 1 saturated carbocycles. The minimum Gasteiger partial charge on any atom is -0.383 e. The Bertz CT molecular complexity index is 822. The summed E-state index contributed by atoms with van der Waals surface area (Å²) in [6.07, 6.45) is 8.86. The molecular formula is C17H22N6O2S. The molecule has 9 heteroatoms. The molecule has 2 fully saturated rings. The summed E-state index contributed by atoms with van der Waals surface area (Å²) in [6, 6.07) is 0.545. The first-order valence-electron chi connectivity index (χ1n) is 8.70. The van der Waals surface area contributed by atoms with Gasteiger partial charge in [-0.3, -0.25) is 9.48 Å². The highest BCUT2D eigenvalue weighted by Crippen LogP contribution is 2.36. The van der Waals surface area contributed by atoms with Gasteiger partial charge in [0.05, 0.1) is 30.5 Å². The molecule has 26 heavy (non-hydrogen) atoms. The van der Waals surface area contributed by atoms with Crippen LogP contribution in [0.1, 0.15) is 47.8 Å². The molecule has 0 unspecified atom stereocenters. The number of hydrogen-bond donors (Lipinski definition) is 1. The number of anilines is 2. The van der Waals surface area contributed by atoms with E-state index < -0.39 is 0 Å². The second-order valence-electron chi connectivity index (χ2n) is 6.77. The summed E-state index contributed by atoms with van der Waals surface area (Å²) in [7, 11) is 0. The standard InChI is InChI=1S/C17H22N6O2S/c1-10-6-22(17-20-15(18)13(9-24)16(21-17)26-2)8-14(25-10)11-5-19-23(7-11)12-3-4-12/h5,7,9-10,12,14H,3-4,6,8H2,1-2H3,(H2,18,20,21)/t10-,14-/m1/s1. The van der Waals surface area contributed by atoms with E-state index in [-0.39, 0.29) is 18.0 Å². The van der Waals surface area contributed by atoms with Gasteiger partial charge in [0.1, 0.15) is 16.9 Å². The third-order valence-electron chi connectivity index (χ3n) is 4.70. The summed E-state index contributed by atoms with van der Waals surface area (Å²) in [6.45, 7) is 3.32. The molecule has 2 aliphatic rings. The first kappa shape index (κ1) is 17.3. The van der Waals surface area contributed by atoms with E-state index in [0.717, 1.165) is 5.56 Å². The molecule has 2 aromatic rings. The normalized spacial score (nSPS) is 23.2. The Morgan fingerprint density at radius 2 is 2.15 bits per heavy atom. The Morgan fingerprint density at radius 1 is 1.35 bits per heavy atom. The third-order valence-corrected chi connectivity index (χ3v) is 5.39. The van der Waals surface area contributed by atoms with E-state index in [0.29, 0.717) is 42.0 Å². The summed E-state index contributed by atoms with van der Waals surface area (Å²) in [4.78, 5) is 22.2. The van der Waals surface area contributed by atoms with Gasteiger partial charge in [0, 0.05) is 18.3 Å². The summed E-state index contributed by atoms with van der Waals surface area (Å²) in [5.41, 5.74) is 7.39. The number of aromatic nitrogens is 4. The van der Waals surface area contributed by atoms with Gasteiger partial charge in [0.15, 0.2) is 6.29 Å². The Kier molecular flexibility index (Phi) is 4.58. The third kappa shape index (κ3) is 3.28. The van der Waals surface area contributed by atoms with E-state index in [1.54, 1.807) is 0 Å². The second-order valence-corrected chi connectivity index (χ2v) is 7.57. The molecule has 3 heterocycles. The number of carbonyl (C=O) groups excluding carboxylic acids is 1. The maximum absolute atomic E-state index is 11.2. The summed E-state index contributed by atoms with van der Waals surface area (Å²) < 4.78 is 8.16. The molecule has 1 aliphatic carbocycles. The zero-order valence-corrected chi connectivity index (χ0v) is 15.6. The van der Waals surface area contributed by atoms with E-state index >= 15 is 0 Å². The van der Waals surface area contributed by atoms with Crippen LogP contribution in [0.3, 0.4) is 0 Å². The average Bonchev–Trinajstić information content (AvgIpc) is 3.37. The van der Waals surface area contributed by atoms with Crippen LogP contribution in [0.2, 0.25) is 0 Å². The molecule has 2 atom stereocenters. The van der Waals surface area contributed by atoms with Crippen molar-refractivity contribution in [2.45, 2.75) is 43.0 Å². The van der Waals surface area contributed by atoms with Crippen molar-refractivity contribution in [1.29, 1.82) is 0 Å². The van der Waals surface area contributed by atoms with Crippen molar-refractivity contribution in [1.82, 2.24) is 19.7 Å². The smallest absolute Gasteiger partial charge is 0.228 e. The van der Waals surface area contributed by atoms with Crippen LogP contribution in [0.4, 0.5) is 11.8 Å². The number of carbonyl (C=O) groups is 1. The molecule has 8 nitrogen and oxygen atoms in total. The molecule has 2 N–H and O–H groups in total. The molecule has 0 amide bonds. The Balaban J connectivity index is 1.59. The number of morpholine rings is 1. The van der Waals surface area contributed by atoms with Gasteiger partial charge in [-0.2, -0.15) is 10.1 Å². The van der Waals surface area contributed by atoms with E-state index in [1.165, 1.54) is 24.6 Å². The molecule has 0 aromatic carbocycles. The lowest BCUT2D eigenvalue weighted by Crippen LogP contribution is -2.43. The highest BCUT2D eigenvalue weighted by atomic mass is 32.2. The minimum atomic E-state index is -0.0976. The van der Waals surface area contributed by atoms with Gasteiger partial charge in [-0.05, 0) is 26.0 Å². The fourth-order valence-corrected chi connectivity index (χ4v) is 3.76. The topological polar surface area (TPSA) is 99.2 Å². The molecule has 0 spiro atoms. The average molecular weight is 374 g/mol. The number of nitrogen functional groups attached to an aromatic ring is 1. The van der Waals surface area contributed by atoms with Crippen LogP contribution >= 0.6 is 11.8 Å². The summed E-state index contributed by atoms with van der Waals surface area (Å²) >= 11 is 1.39. The van der Waals surface area contributed by atoms with Gasteiger partial charge in [-0.1, -0.05) is 0 Å². The van der Waals surface area contributed by atoms with Crippen LogP contribution in [0.15, 0.2) is 17.4 Å². The SMILES string of the molecule is CSc1nc(N2C[C@@H](C)O[C@@H](c3cnn(C4CC4)c3)C2)nc(N)c1C=O. The van der Waals surface area contributed by atoms with Crippen LogP contribution in [0.25, 0.3) is 0 Å². The molecule has 0 bridgehead atoms. The van der Waals surface area contributed by atoms with E-state index in [1.807, 2.05) is 24.1 Å². The van der Waals surface area contributed by atoms with Crippen LogP contribution in [-0.4, -0.2) is 51.5 Å². The lowest BCUT2D eigenvalue weighted by atomic mass is 10.1. The van der Waals surface area contributed by atoms with E-state index in [9.17, 15) is 4.79 Å². The van der Waals surface area contributed by atoms with Crippen molar-refractivity contribution in [3.63, 3.8) is 0 Å². The maximum Gasteiger partial charge on any atom is 0.228 e. The number of rotatable bonds is 5. The molecule has 2 aromatic heterocycles. The molecule has 1 saturated heterocycles. The Morgan fingerprint density at radius 3 is 2.85 bits per heavy atom. The molecule has 138 valence electrons. The van der Waals surface area contributed by atoms with Crippen LogP contribution in [-0.2, 0) is 4.74 Å². The van der Waals surface area contributed by atoms with Gasteiger partial charge >= 0.3 is 0 Å². The quantitative estimate of drug-likeness (QED) is 0.482. The number of ether oxygens (including phenoxy) is 1. The predicted octanol–water partition coefficient (Wildman–Crippen LogP) is 2.09. The Hall–Kier alpha value is -2.13. The highest BCUT2D eigenvalue weighted by Gasteiger charge is 2.31. The van der Waals surface area contributed by atoms with Gasteiger partial charge in [-0.25, -0.2) is 4.98 Å². The predicted molar refractivity (Wildman–Crippen MR) is 99.6 cm³/mol. The number of nitrogens with two attached hydrogens (primary N) is 1. The van der Waals surface area contributed by atoms with Gasteiger partial charge in [0.25, 0.3) is 0 Å². The van der Waals surface area contributed by atoms with Crippen molar-refractivity contribution in [2.75, 3.05) is 30.0 Å². The van der Waals surface area contributed by atoms with Gasteiger partial charge in [-0.15, -0.1) is 11.8 Å². The summed E-state index contributed by atoms with van der Waals surface area (Å²) in [5, 5.41) is 5.06. The lowest BCUT2D eigenvalue weighted by Gasteiger charge is -2.36. The molecular weight excluding hydrogens is 352 g/mol. The van der Waals surface area contributed by atoms with Gasteiger partial charge in [0.2, 0.25) is 5.95 Å². The molecule has 0 radical (unpaired) electrons. The minimum absolute atomic E-state index is 0.0197. The highest BCUT2D eigenvalue weighted by molar-refractivity contribution is 7.98. The van der Waals surface area contributed by atoms with Crippen molar-refractivity contribution in [3.8, 4) is 0 Å². The number of hydrogen-bond acceptors (Lipinski definition) is 8. The van der Waals surface area contributed by atoms with E-state index in [2.05, 4.69) is 26.2 Å². The zero-order valence-electron chi connectivity index (χ0n) is 14.8. The monoisotopic (exact) mass is 374 g/mol. The van der Waals surface area contributed by atoms with Crippen LogP contribution < -0.4 is 10.6 Å². The number of nitrogens with zero attached hydrogens (tertiary/aromatic N) is 5. The first-order chi connectivity index (χ1) is 12.6. The van der Waals surface area contributed by atoms with Crippen LogP contribution in [0, 0.1) is 0 Å². The first-order valence-corrected chi connectivity index (χ1v) is 9.92. The second kappa shape index (κ2) is 6.88. The molecule has 4 rings (SSSR count). The molecule has 1 aliphatic heterocycles. The zero-order chi connectivity index (χ0) is 18.3. The van der Waals surface area contributed by atoms with Crippen molar-refractivity contribution >= 4 is 29.8 Å². The van der Waals surface area contributed by atoms with Crippen molar-refractivity contribution in [2.24, 2.45) is 0 Å². The largest absolute Gasteiger partial charge is 0.383 e. The lowest BCUT2D eigenvalue weighted by molar-refractivity contribution is -0.0179. The van der Waals surface area contributed by atoms with Crippen molar-refractivity contribution < 1.29 is 9.53 Å². The number of aldehydes is 1. The Labute approximate surface area is 156 Å².